The molecule has 0 radical (unpaired) electrons. The van der Waals surface area contributed by atoms with Crippen LogP contribution in [0.1, 0.15) is 26.3 Å². The minimum absolute atomic E-state index is 0.0159. The summed E-state index contributed by atoms with van der Waals surface area (Å²) in [5.41, 5.74) is -0.0781. The third-order valence-electron chi connectivity index (χ3n) is 1.79. The van der Waals surface area contributed by atoms with Crippen LogP contribution in [0.4, 0.5) is 5.69 Å². The van der Waals surface area contributed by atoms with Crippen LogP contribution >= 0.6 is 0 Å². The molecule has 0 N–H and O–H groups in total. The van der Waals surface area contributed by atoms with Gasteiger partial charge in [-0.2, -0.15) is 0 Å². The predicted octanol–water partition coefficient (Wildman–Crippen LogP) is 2.29. The Hall–Kier alpha value is -2.35. The van der Waals surface area contributed by atoms with Crippen LogP contribution in [0.2, 0.25) is 0 Å². The summed E-state index contributed by atoms with van der Waals surface area (Å²) in [6.45, 7) is 5.25. The zero-order valence-electron chi connectivity index (χ0n) is 10.4. The van der Waals surface area contributed by atoms with E-state index < -0.39 is 16.5 Å². The predicted molar refractivity (Wildman–Crippen MR) is 65.8 cm³/mol. The number of carbonyl (C=O) groups excluding carboxylic acids is 1. The molecule has 0 aliphatic carbocycles. The van der Waals surface area contributed by atoms with Crippen LogP contribution in [-0.2, 0) is 9.53 Å². The number of hydrogen-bond donors (Lipinski definition) is 0. The highest BCUT2D eigenvalue weighted by Gasteiger charge is 2.14. The maximum absolute atomic E-state index is 11.3. The Kier molecular flexibility index (Phi) is 4.05. The number of rotatable bonds is 1. The van der Waals surface area contributed by atoms with E-state index in [1.807, 2.05) is 0 Å². The molecule has 18 heavy (non-hydrogen) atoms. The second kappa shape index (κ2) is 5.32. The van der Waals surface area contributed by atoms with Crippen molar-refractivity contribution < 1.29 is 14.5 Å². The summed E-state index contributed by atoms with van der Waals surface area (Å²) in [5.74, 6) is 4.28. The number of nitro groups is 1. The monoisotopic (exact) mass is 247 g/mol. The molecule has 0 aliphatic rings. The number of esters is 1. The third kappa shape index (κ3) is 4.66. The second-order valence-electron chi connectivity index (χ2n) is 4.56. The van der Waals surface area contributed by atoms with Crippen molar-refractivity contribution >= 4 is 11.7 Å². The van der Waals surface area contributed by atoms with Gasteiger partial charge in [-0.05, 0) is 32.9 Å². The topological polar surface area (TPSA) is 69.4 Å². The van der Waals surface area contributed by atoms with Crippen LogP contribution in [0.3, 0.4) is 0 Å². The summed E-state index contributed by atoms with van der Waals surface area (Å²) in [6, 6.07) is 5.63. The Labute approximate surface area is 105 Å². The maximum Gasteiger partial charge on any atom is 0.385 e. The molecular weight excluding hydrogens is 234 g/mol. The van der Waals surface area contributed by atoms with E-state index in [4.69, 9.17) is 4.74 Å². The highest BCUT2D eigenvalue weighted by atomic mass is 16.6. The average Bonchev–Trinajstić information content (AvgIpc) is 2.24. The van der Waals surface area contributed by atoms with Crippen molar-refractivity contribution in [1.82, 2.24) is 0 Å². The number of nitro benzene ring substituents is 1. The van der Waals surface area contributed by atoms with Crippen LogP contribution < -0.4 is 0 Å². The molecule has 0 saturated carbocycles. The first-order valence-electron chi connectivity index (χ1n) is 5.27. The van der Waals surface area contributed by atoms with Gasteiger partial charge in [0, 0.05) is 23.6 Å². The lowest BCUT2D eigenvalue weighted by Crippen LogP contribution is -2.22. The fraction of sp³-hybridized carbons (Fsp3) is 0.308. The lowest BCUT2D eigenvalue weighted by molar-refractivity contribution is -0.384. The van der Waals surface area contributed by atoms with Crippen LogP contribution in [0, 0.1) is 22.0 Å². The minimum atomic E-state index is -0.624. The molecule has 1 aromatic carbocycles. The van der Waals surface area contributed by atoms with E-state index in [1.165, 1.54) is 24.3 Å². The van der Waals surface area contributed by atoms with E-state index in [0.717, 1.165) is 0 Å². The Morgan fingerprint density at radius 3 is 2.28 bits per heavy atom. The van der Waals surface area contributed by atoms with Gasteiger partial charge < -0.3 is 4.74 Å². The van der Waals surface area contributed by atoms with E-state index in [2.05, 4.69) is 11.8 Å². The first-order valence-corrected chi connectivity index (χ1v) is 5.27. The van der Waals surface area contributed by atoms with Crippen molar-refractivity contribution in [2.75, 3.05) is 0 Å². The molecule has 0 amide bonds. The van der Waals surface area contributed by atoms with Crippen molar-refractivity contribution in [2.45, 2.75) is 26.4 Å². The number of non-ortho nitro benzene ring substituents is 1. The van der Waals surface area contributed by atoms with Crippen LogP contribution in [0.5, 0.6) is 0 Å². The van der Waals surface area contributed by atoms with Crippen molar-refractivity contribution in [1.29, 1.82) is 0 Å². The summed E-state index contributed by atoms with van der Waals surface area (Å²) < 4.78 is 5.00. The number of ether oxygens (including phenoxy) is 1. The van der Waals surface area contributed by atoms with Gasteiger partial charge in [0.1, 0.15) is 5.60 Å². The van der Waals surface area contributed by atoms with Gasteiger partial charge >= 0.3 is 5.97 Å². The summed E-state index contributed by atoms with van der Waals surface area (Å²) in [5, 5.41) is 10.4. The standard InChI is InChI=1S/C13H13NO4/c1-13(2,3)18-12(15)9-6-10-4-7-11(8-5-10)14(16)17/h4-5,7-8H,1-3H3. The van der Waals surface area contributed by atoms with Crippen LogP contribution in [0.25, 0.3) is 0 Å². The van der Waals surface area contributed by atoms with Crippen molar-refractivity contribution in [3.63, 3.8) is 0 Å². The first-order chi connectivity index (χ1) is 8.28. The van der Waals surface area contributed by atoms with Gasteiger partial charge in [-0.1, -0.05) is 5.92 Å². The fourth-order valence-electron chi connectivity index (χ4n) is 1.09. The van der Waals surface area contributed by atoms with Crippen LogP contribution in [0.15, 0.2) is 24.3 Å². The van der Waals surface area contributed by atoms with Crippen molar-refractivity contribution in [2.24, 2.45) is 0 Å². The number of nitrogens with zero attached hydrogens (tertiary/aromatic N) is 1. The fourth-order valence-corrected chi connectivity index (χ4v) is 1.09. The van der Waals surface area contributed by atoms with Gasteiger partial charge in [0.05, 0.1) is 4.92 Å². The molecule has 5 nitrogen and oxygen atoms in total. The second-order valence-corrected chi connectivity index (χ2v) is 4.56. The van der Waals surface area contributed by atoms with Crippen LogP contribution in [-0.4, -0.2) is 16.5 Å². The zero-order valence-corrected chi connectivity index (χ0v) is 10.4. The highest BCUT2D eigenvalue weighted by molar-refractivity contribution is 5.89. The average molecular weight is 247 g/mol. The van der Waals surface area contributed by atoms with Gasteiger partial charge in [0.15, 0.2) is 0 Å². The first kappa shape index (κ1) is 13.7. The molecule has 0 saturated heterocycles. The summed E-state index contributed by atoms with van der Waals surface area (Å²) in [7, 11) is 0. The molecule has 1 aromatic rings. The Balaban J connectivity index is 2.74. The number of benzene rings is 1. The Morgan fingerprint density at radius 1 is 1.28 bits per heavy atom. The van der Waals surface area contributed by atoms with E-state index in [9.17, 15) is 14.9 Å². The van der Waals surface area contributed by atoms with Gasteiger partial charge in [0.2, 0.25) is 0 Å². The summed E-state index contributed by atoms with van der Waals surface area (Å²) in [6.07, 6.45) is 0. The molecular formula is C13H13NO4. The zero-order chi connectivity index (χ0) is 13.8. The van der Waals surface area contributed by atoms with Crippen molar-refractivity contribution in [3.05, 3.63) is 39.9 Å². The van der Waals surface area contributed by atoms with Gasteiger partial charge in [-0.15, -0.1) is 0 Å². The van der Waals surface area contributed by atoms with E-state index in [-0.39, 0.29) is 5.69 Å². The Morgan fingerprint density at radius 2 is 1.83 bits per heavy atom. The molecule has 0 spiro atoms. The van der Waals surface area contributed by atoms with E-state index in [1.54, 1.807) is 20.8 Å². The molecule has 0 heterocycles. The quantitative estimate of drug-likeness (QED) is 0.330. The Bertz CT molecular complexity index is 515. The smallest absolute Gasteiger partial charge is 0.385 e. The van der Waals surface area contributed by atoms with Gasteiger partial charge in [0.25, 0.3) is 5.69 Å². The molecule has 0 fully saturated rings. The third-order valence-corrected chi connectivity index (χ3v) is 1.79. The SMILES string of the molecule is CC(C)(C)OC(=O)C#Cc1ccc([N+](=O)[O-])cc1. The van der Waals surface area contributed by atoms with Crippen molar-refractivity contribution in [3.8, 4) is 11.8 Å². The van der Waals surface area contributed by atoms with Gasteiger partial charge in [-0.3, -0.25) is 10.1 Å². The number of hydrogen-bond acceptors (Lipinski definition) is 4. The largest absolute Gasteiger partial charge is 0.450 e. The molecule has 0 atom stereocenters. The molecule has 5 heteroatoms. The minimum Gasteiger partial charge on any atom is -0.450 e. The highest BCUT2D eigenvalue weighted by Crippen LogP contribution is 2.11. The molecule has 0 unspecified atom stereocenters. The molecule has 94 valence electrons. The molecule has 1 rings (SSSR count). The van der Waals surface area contributed by atoms with Gasteiger partial charge in [-0.25, -0.2) is 4.79 Å². The summed E-state index contributed by atoms with van der Waals surface area (Å²) >= 11 is 0. The maximum atomic E-state index is 11.3. The molecule has 0 bridgehead atoms. The molecule has 0 aliphatic heterocycles. The molecule has 0 aromatic heterocycles. The normalized spacial score (nSPS) is 10.2. The van der Waals surface area contributed by atoms with E-state index >= 15 is 0 Å². The lowest BCUT2D eigenvalue weighted by Gasteiger charge is -2.16. The summed E-state index contributed by atoms with van der Waals surface area (Å²) in [4.78, 5) is 21.2. The van der Waals surface area contributed by atoms with E-state index in [0.29, 0.717) is 5.56 Å². The lowest BCUT2D eigenvalue weighted by atomic mass is 10.2. The number of carbonyl (C=O) groups is 1.